The number of aryl methyl sites for hydroxylation is 1. The molecule has 0 spiro atoms. The minimum absolute atomic E-state index is 0.0939. The molecule has 0 fully saturated rings. The molecule has 0 amide bonds. The van der Waals surface area contributed by atoms with Crippen molar-refractivity contribution in [1.82, 2.24) is 4.98 Å². The van der Waals surface area contributed by atoms with E-state index >= 15 is 0 Å². The number of esters is 2. The molecule has 12 heteroatoms. The number of carbonyl (C=O) groups is 2. The van der Waals surface area contributed by atoms with Crippen molar-refractivity contribution in [3.8, 4) is 5.75 Å². The van der Waals surface area contributed by atoms with Gasteiger partial charge in [-0.05, 0) is 42.8 Å². The molecule has 2 heterocycles. The number of hydrogen-bond donors (Lipinski definition) is 0. The van der Waals surface area contributed by atoms with Crippen molar-refractivity contribution in [1.29, 1.82) is 0 Å². The third kappa shape index (κ3) is 5.21. The topological polar surface area (TPSA) is 65.5 Å². The fourth-order valence-corrected chi connectivity index (χ4v) is 3.14. The van der Waals surface area contributed by atoms with Crippen molar-refractivity contribution in [2.75, 3.05) is 0 Å². The zero-order valence-electron chi connectivity index (χ0n) is 16.0. The number of benzene rings is 1. The Hall–Kier alpha value is -3.08. The number of hydrogen-bond acceptors (Lipinski definition) is 5. The lowest BCUT2D eigenvalue weighted by Crippen LogP contribution is -2.42. The average Bonchev–Trinajstić information content (AvgIpc) is 2.66. The van der Waals surface area contributed by atoms with Gasteiger partial charge in [0.2, 0.25) is 6.10 Å². The Balaban J connectivity index is 1.98. The summed E-state index contributed by atoms with van der Waals surface area (Å²) in [6.07, 6.45) is -12.9. The standard InChI is InChI=1S/C20H12ClF6NO4/c1-9-3-2-4-12(28-9)5-10-8-15-11(7-14(10)21)6-13(16(31-15)19(22,23)24)17(29)32-18(30)20(25,26)27/h2-4,6-8,16H,5H2,1H3. The van der Waals surface area contributed by atoms with Crippen LogP contribution in [0.4, 0.5) is 26.3 Å². The molecular formula is C20H12ClF6NO4. The van der Waals surface area contributed by atoms with Gasteiger partial charge in [-0.2, -0.15) is 26.3 Å². The maximum atomic E-state index is 13.5. The van der Waals surface area contributed by atoms with Crippen LogP contribution >= 0.6 is 11.6 Å². The molecule has 0 saturated heterocycles. The fourth-order valence-electron chi connectivity index (χ4n) is 2.90. The van der Waals surface area contributed by atoms with Crippen LogP contribution in [0.2, 0.25) is 5.02 Å². The van der Waals surface area contributed by atoms with E-state index in [2.05, 4.69) is 9.72 Å². The average molecular weight is 480 g/mol. The molecule has 1 aromatic heterocycles. The van der Waals surface area contributed by atoms with Gasteiger partial charge in [0, 0.05) is 28.4 Å². The first-order valence-electron chi connectivity index (χ1n) is 8.79. The van der Waals surface area contributed by atoms with Gasteiger partial charge in [-0.25, -0.2) is 9.59 Å². The monoisotopic (exact) mass is 479 g/mol. The van der Waals surface area contributed by atoms with Gasteiger partial charge in [0.05, 0.1) is 5.57 Å². The zero-order valence-corrected chi connectivity index (χ0v) is 16.7. The summed E-state index contributed by atoms with van der Waals surface area (Å²) in [6, 6.07) is 7.59. The predicted molar refractivity (Wildman–Crippen MR) is 98.8 cm³/mol. The maximum absolute atomic E-state index is 13.5. The van der Waals surface area contributed by atoms with E-state index in [1.54, 1.807) is 25.1 Å². The Bertz CT molecular complexity index is 1110. The number of alkyl halides is 6. The van der Waals surface area contributed by atoms with Crippen molar-refractivity contribution in [3.05, 3.63) is 63.4 Å². The number of halogens is 7. The summed E-state index contributed by atoms with van der Waals surface area (Å²) < 4.78 is 85.8. The third-order valence-electron chi connectivity index (χ3n) is 4.28. The zero-order chi connectivity index (χ0) is 23.8. The first-order chi connectivity index (χ1) is 14.8. The van der Waals surface area contributed by atoms with Crippen LogP contribution in [-0.4, -0.2) is 35.4 Å². The summed E-state index contributed by atoms with van der Waals surface area (Å²) in [6.45, 7) is 1.75. The highest BCUT2D eigenvalue weighted by atomic mass is 35.5. The molecule has 0 bridgehead atoms. The van der Waals surface area contributed by atoms with Gasteiger partial charge >= 0.3 is 24.3 Å². The second kappa shape index (κ2) is 8.45. The molecule has 5 nitrogen and oxygen atoms in total. The molecule has 1 aliphatic heterocycles. The van der Waals surface area contributed by atoms with Crippen LogP contribution in [0.1, 0.15) is 22.5 Å². The van der Waals surface area contributed by atoms with E-state index in [1.165, 1.54) is 12.1 Å². The number of ether oxygens (including phenoxy) is 2. The summed E-state index contributed by atoms with van der Waals surface area (Å²) >= 11 is 6.19. The molecular weight excluding hydrogens is 468 g/mol. The normalized spacial score (nSPS) is 16.0. The molecule has 1 aromatic carbocycles. The summed E-state index contributed by atoms with van der Waals surface area (Å²) in [5, 5.41) is 0.0939. The quantitative estimate of drug-likeness (QED) is 0.353. The highest BCUT2D eigenvalue weighted by molar-refractivity contribution is 6.31. The first kappa shape index (κ1) is 23.6. The largest absolute Gasteiger partial charge is 0.491 e. The van der Waals surface area contributed by atoms with Crippen molar-refractivity contribution in [2.45, 2.75) is 31.8 Å². The lowest BCUT2D eigenvalue weighted by atomic mass is 9.98. The van der Waals surface area contributed by atoms with Crippen LogP contribution in [-0.2, 0) is 20.7 Å². The third-order valence-corrected chi connectivity index (χ3v) is 4.64. The van der Waals surface area contributed by atoms with Gasteiger partial charge in [0.15, 0.2) is 0 Å². The molecule has 0 N–H and O–H groups in total. The fraction of sp³-hybridized carbons (Fsp3) is 0.250. The van der Waals surface area contributed by atoms with Crippen LogP contribution in [0, 0.1) is 6.92 Å². The SMILES string of the molecule is Cc1cccc(Cc2cc3c(cc2Cl)C=C(C(=O)OC(=O)C(F)(F)F)C(C(F)(F)F)O3)n1. The highest BCUT2D eigenvalue weighted by Gasteiger charge is 2.51. The molecule has 2 aromatic rings. The second-order valence-corrected chi connectivity index (χ2v) is 7.15. The van der Waals surface area contributed by atoms with Crippen molar-refractivity contribution >= 4 is 29.6 Å². The number of carbonyl (C=O) groups excluding carboxylic acids is 2. The summed E-state index contributed by atoms with van der Waals surface area (Å²) in [7, 11) is 0. The van der Waals surface area contributed by atoms with E-state index in [0.717, 1.165) is 0 Å². The summed E-state index contributed by atoms with van der Waals surface area (Å²) in [4.78, 5) is 27.1. The molecule has 0 aliphatic carbocycles. The molecule has 3 rings (SSSR count). The minimum atomic E-state index is -5.57. The molecule has 170 valence electrons. The number of aromatic nitrogens is 1. The number of pyridine rings is 1. The number of nitrogens with zero attached hydrogens (tertiary/aromatic N) is 1. The second-order valence-electron chi connectivity index (χ2n) is 6.74. The van der Waals surface area contributed by atoms with Crippen molar-refractivity contribution < 1.29 is 45.4 Å². The molecule has 32 heavy (non-hydrogen) atoms. The predicted octanol–water partition coefficient (Wildman–Crippen LogP) is 4.97. The van der Waals surface area contributed by atoms with Crippen molar-refractivity contribution in [3.63, 3.8) is 0 Å². The Morgan fingerprint density at radius 2 is 1.84 bits per heavy atom. The molecule has 1 unspecified atom stereocenters. The smallest absolute Gasteiger partial charge is 0.475 e. The molecule has 0 saturated carbocycles. The van der Waals surface area contributed by atoms with E-state index in [4.69, 9.17) is 16.3 Å². The Morgan fingerprint density at radius 1 is 1.16 bits per heavy atom. The minimum Gasteiger partial charge on any atom is -0.475 e. The Labute approximate surface area is 181 Å². The number of rotatable bonds is 3. The lowest BCUT2D eigenvalue weighted by Gasteiger charge is -2.28. The van der Waals surface area contributed by atoms with E-state index in [0.29, 0.717) is 23.0 Å². The van der Waals surface area contributed by atoms with Crippen LogP contribution in [0.5, 0.6) is 5.75 Å². The van der Waals surface area contributed by atoms with Crippen LogP contribution in [0.15, 0.2) is 35.9 Å². The summed E-state index contributed by atoms with van der Waals surface area (Å²) in [5.41, 5.74) is 0.232. The van der Waals surface area contributed by atoms with Crippen LogP contribution in [0.3, 0.4) is 0 Å². The molecule has 1 atom stereocenters. The van der Waals surface area contributed by atoms with Gasteiger partial charge in [-0.3, -0.25) is 4.98 Å². The maximum Gasteiger partial charge on any atom is 0.491 e. The van der Waals surface area contributed by atoms with E-state index in [9.17, 15) is 35.9 Å². The van der Waals surface area contributed by atoms with Gasteiger partial charge in [-0.1, -0.05) is 17.7 Å². The molecule has 0 radical (unpaired) electrons. The lowest BCUT2D eigenvalue weighted by molar-refractivity contribution is -0.204. The Morgan fingerprint density at radius 3 is 2.44 bits per heavy atom. The van der Waals surface area contributed by atoms with Gasteiger partial charge < -0.3 is 9.47 Å². The van der Waals surface area contributed by atoms with E-state index in [-0.39, 0.29) is 22.8 Å². The van der Waals surface area contributed by atoms with Gasteiger partial charge in [0.1, 0.15) is 5.75 Å². The van der Waals surface area contributed by atoms with Gasteiger partial charge in [0.25, 0.3) is 0 Å². The van der Waals surface area contributed by atoms with Crippen LogP contribution in [0.25, 0.3) is 6.08 Å². The number of fused-ring (bicyclic) bond motifs is 1. The van der Waals surface area contributed by atoms with Crippen molar-refractivity contribution in [2.24, 2.45) is 0 Å². The Kier molecular flexibility index (Phi) is 6.23. The summed E-state index contributed by atoms with van der Waals surface area (Å²) in [5.74, 6) is -5.39. The highest BCUT2D eigenvalue weighted by Crippen LogP contribution is 2.40. The van der Waals surface area contributed by atoms with Gasteiger partial charge in [-0.15, -0.1) is 0 Å². The van der Waals surface area contributed by atoms with E-state index < -0.39 is 36.0 Å². The first-order valence-corrected chi connectivity index (χ1v) is 9.16. The van der Waals surface area contributed by atoms with E-state index in [1.807, 2.05) is 0 Å². The van der Waals surface area contributed by atoms with Crippen LogP contribution < -0.4 is 4.74 Å². The molecule has 1 aliphatic rings.